The first kappa shape index (κ1) is 17.9. The van der Waals surface area contributed by atoms with Gasteiger partial charge in [0.15, 0.2) is 0 Å². The molecule has 1 unspecified atom stereocenters. The highest BCUT2D eigenvalue weighted by Crippen LogP contribution is 2.14. The normalized spacial score (nSPS) is 14.2. The van der Waals surface area contributed by atoms with Gasteiger partial charge in [-0.1, -0.05) is 13.8 Å². The fraction of sp³-hybridized carbons (Fsp3) is 1.00. The second-order valence-corrected chi connectivity index (χ2v) is 6.90. The predicted molar refractivity (Wildman–Crippen MR) is 66.0 cm³/mol. The van der Waals surface area contributed by atoms with Gasteiger partial charge in [-0.15, -0.1) is 0 Å². The van der Waals surface area contributed by atoms with Crippen LogP contribution in [0.15, 0.2) is 0 Å². The van der Waals surface area contributed by atoms with Crippen LogP contribution in [0.25, 0.3) is 0 Å². The Labute approximate surface area is 108 Å². The zero-order valence-corrected chi connectivity index (χ0v) is 11.9. The molecule has 0 heterocycles. The van der Waals surface area contributed by atoms with Crippen molar-refractivity contribution in [2.75, 3.05) is 39.6 Å². The molecular weight excluding hydrogens is 260 g/mol. The summed E-state index contributed by atoms with van der Waals surface area (Å²) in [6, 6.07) is 0. The minimum atomic E-state index is -3.58. The van der Waals surface area contributed by atoms with E-state index in [1.807, 2.05) is 0 Å². The average molecular weight is 284 g/mol. The summed E-state index contributed by atoms with van der Waals surface area (Å²) in [5.41, 5.74) is -0.310. The zero-order valence-electron chi connectivity index (χ0n) is 10.9. The van der Waals surface area contributed by atoms with Crippen LogP contribution in [0, 0.1) is 0 Å². The summed E-state index contributed by atoms with van der Waals surface area (Å²) in [5.74, 6) is 0. The molecule has 0 aliphatic rings. The van der Waals surface area contributed by atoms with E-state index in [0.29, 0.717) is 0 Å². The molecule has 0 saturated carbocycles. The van der Waals surface area contributed by atoms with E-state index < -0.39 is 14.9 Å². The van der Waals surface area contributed by atoms with Gasteiger partial charge in [-0.05, 0) is 0 Å². The Kier molecular flexibility index (Phi) is 9.78. The van der Waals surface area contributed by atoms with Crippen molar-refractivity contribution >= 4 is 8.80 Å². The monoisotopic (exact) mass is 284 g/mol. The molecule has 0 radical (unpaired) electrons. The molecule has 0 aromatic heterocycles. The molecule has 18 heavy (non-hydrogen) atoms. The standard InChI is InChI=1S/C10H24O7Si/c1-9(2)18(13,14)17-6-5-15-8-10(7-12)16-4-3-11/h9-14H,3-8H2,1-2H3. The number of aliphatic hydroxyl groups excluding tert-OH is 2. The molecule has 8 heteroatoms. The first-order valence-corrected chi connectivity index (χ1v) is 7.81. The number of hydrogen-bond acceptors (Lipinski definition) is 7. The predicted octanol–water partition coefficient (Wildman–Crippen LogP) is -1.28. The molecule has 0 saturated heterocycles. The Morgan fingerprint density at radius 1 is 1.06 bits per heavy atom. The minimum Gasteiger partial charge on any atom is -0.394 e. The molecule has 0 aromatic carbocycles. The van der Waals surface area contributed by atoms with Crippen LogP contribution >= 0.6 is 0 Å². The lowest BCUT2D eigenvalue weighted by atomic mass is 10.4. The Morgan fingerprint density at radius 3 is 2.22 bits per heavy atom. The van der Waals surface area contributed by atoms with Crippen molar-refractivity contribution in [3.05, 3.63) is 0 Å². The lowest BCUT2D eigenvalue weighted by Gasteiger charge is -2.21. The Bertz CT molecular complexity index is 201. The first-order chi connectivity index (χ1) is 8.44. The lowest BCUT2D eigenvalue weighted by Crippen LogP contribution is -2.43. The van der Waals surface area contributed by atoms with Gasteiger partial charge in [-0.3, -0.25) is 0 Å². The molecule has 0 fully saturated rings. The fourth-order valence-corrected chi connectivity index (χ4v) is 1.72. The highest BCUT2D eigenvalue weighted by Gasteiger charge is 2.36. The molecule has 0 aromatic rings. The van der Waals surface area contributed by atoms with Crippen LogP contribution in [-0.2, 0) is 13.9 Å². The third kappa shape index (κ3) is 8.11. The SMILES string of the molecule is CC(C)[Si](O)(O)OCCOCC(CO)OCCO. The molecule has 1 atom stereocenters. The minimum absolute atomic E-state index is 0.0789. The van der Waals surface area contributed by atoms with Gasteiger partial charge in [0.25, 0.3) is 0 Å². The smallest absolute Gasteiger partial charge is 0.394 e. The number of ether oxygens (including phenoxy) is 2. The highest BCUT2D eigenvalue weighted by atomic mass is 28.4. The maximum Gasteiger partial charge on any atom is 0.498 e. The second-order valence-electron chi connectivity index (χ2n) is 4.14. The second kappa shape index (κ2) is 9.81. The van der Waals surface area contributed by atoms with E-state index in [9.17, 15) is 9.59 Å². The van der Waals surface area contributed by atoms with E-state index in [1.54, 1.807) is 13.8 Å². The van der Waals surface area contributed by atoms with Crippen LogP contribution in [0.5, 0.6) is 0 Å². The molecule has 4 N–H and O–H groups in total. The van der Waals surface area contributed by atoms with Crippen molar-refractivity contribution in [2.24, 2.45) is 0 Å². The molecule has 0 rings (SSSR count). The van der Waals surface area contributed by atoms with Crippen LogP contribution in [-0.4, -0.2) is 74.4 Å². The molecular formula is C10H24O7Si. The molecule has 110 valence electrons. The summed E-state index contributed by atoms with van der Waals surface area (Å²) < 4.78 is 15.2. The van der Waals surface area contributed by atoms with Crippen LogP contribution in [0.2, 0.25) is 5.54 Å². The lowest BCUT2D eigenvalue weighted by molar-refractivity contribution is -0.0564. The molecule has 0 aliphatic heterocycles. The van der Waals surface area contributed by atoms with Gasteiger partial charge in [0.05, 0.1) is 39.6 Å². The summed E-state index contributed by atoms with van der Waals surface area (Å²) in [6.07, 6.45) is -0.493. The van der Waals surface area contributed by atoms with Crippen molar-refractivity contribution < 1.29 is 33.7 Å². The average Bonchev–Trinajstić information content (AvgIpc) is 2.32. The quantitative estimate of drug-likeness (QED) is 0.276. The zero-order chi connectivity index (χ0) is 14.0. The maximum absolute atomic E-state index is 9.49. The van der Waals surface area contributed by atoms with Crippen LogP contribution in [0.4, 0.5) is 0 Å². The Balaban J connectivity index is 3.60. The van der Waals surface area contributed by atoms with Crippen LogP contribution in [0.3, 0.4) is 0 Å². The van der Waals surface area contributed by atoms with Crippen molar-refractivity contribution in [3.8, 4) is 0 Å². The summed E-state index contributed by atoms with van der Waals surface area (Å²) in [6.45, 7) is 3.60. The third-order valence-electron chi connectivity index (χ3n) is 2.25. The van der Waals surface area contributed by atoms with Crippen LogP contribution in [0.1, 0.15) is 13.8 Å². The van der Waals surface area contributed by atoms with Gasteiger partial charge >= 0.3 is 8.80 Å². The number of aliphatic hydroxyl groups is 2. The van der Waals surface area contributed by atoms with Crippen molar-refractivity contribution in [1.29, 1.82) is 0 Å². The number of hydrogen-bond donors (Lipinski definition) is 4. The largest absolute Gasteiger partial charge is 0.498 e. The van der Waals surface area contributed by atoms with Crippen LogP contribution < -0.4 is 0 Å². The van der Waals surface area contributed by atoms with E-state index in [-0.39, 0.29) is 45.2 Å². The van der Waals surface area contributed by atoms with Gasteiger partial charge < -0.3 is 33.7 Å². The van der Waals surface area contributed by atoms with Crippen molar-refractivity contribution in [3.63, 3.8) is 0 Å². The van der Waals surface area contributed by atoms with E-state index in [2.05, 4.69) is 0 Å². The summed E-state index contributed by atoms with van der Waals surface area (Å²) >= 11 is 0. The van der Waals surface area contributed by atoms with Gasteiger partial charge in [0, 0.05) is 5.54 Å². The molecule has 7 nitrogen and oxygen atoms in total. The summed E-state index contributed by atoms with van der Waals surface area (Å²) in [4.78, 5) is 19.0. The summed E-state index contributed by atoms with van der Waals surface area (Å²) in [5, 5.41) is 17.5. The van der Waals surface area contributed by atoms with E-state index in [4.69, 9.17) is 24.1 Å². The van der Waals surface area contributed by atoms with E-state index >= 15 is 0 Å². The van der Waals surface area contributed by atoms with Gasteiger partial charge in [0.1, 0.15) is 6.10 Å². The highest BCUT2D eigenvalue weighted by molar-refractivity contribution is 6.59. The van der Waals surface area contributed by atoms with Gasteiger partial charge in [0.2, 0.25) is 0 Å². The number of rotatable bonds is 11. The van der Waals surface area contributed by atoms with Crippen molar-refractivity contribution in [1.82, 2.24) is 0 Å². The van der Waals surface area contributed by atoms with E-state index in [1.165, 1.54) is 0 Å². The first-order valence-electron chi connectivity index (χ1n) is 5.93. The van der Waals surface area contributed by atoms with E-state index in [0.717, 1.165) is 0 Å². The van der Waals surface area contributed by atoms with Crippen molar-refractivity contribution in [2.45, 2.75) is 25.5 Å². The third-order valence-corrected chi connectivity index (χ3v) is 4.38. The topological polar surface area (TPSA) is 109 Å². The molecule has 0 aliphatic carbocycles. The fourth-order valence-electron chi connectivity index (χ4n) is 1.01. The molecule has 0 spiro atoms. The maximum atomic E-state index is 9.49. The van der Waals surface area contributed by atoms with Gasteiger partial charge in [-0.25, -0.2) is 0 Å². The Hall–Kier alpha value is -0.0631. The molecule has 0 amide bonds. The summed E-state index contributed by atoms with van der Waals surface area (Å²) in [7, 11) is -3.58. The Morgan fingerprint density at radius 2 is 1.72 bits per heavy atom. The van der Waals surface area contributed by atoms with Gasteiger partial charge in [-0.2, -0.15) is 0 Å². The molecule has 0 bridgehead atoms.